The number of ketones is 1. The van der Waals surface area contributed by atoms with E-state index in [0.29, 0.717) is 11.8 Å². The van der Waals surface area contributed by atoms with Gasteiger partial charge >= 0.3 is 0 Å². The van der Waals surface area contributed by atoms with Gasteiger partial charge in [0.15, 0.2) is 5.78 Å². The van der Waals surface area contributed by atoms with Crippen molar-refractivity contribution in [3.05, 3.63) is 35.9 Å². The highest BCUT2D eigenvalue weighted by Gasteiger charge is 2.34. The molecule has 3 heteroatoms. The zero-order valence-electron chi connectivity index (χ0n) is 13.0. The average molecular weight is 286 g/mol. The highest BCUT2D eigenvalue weighted by molar-refractivity contribution is 6.00. The first-order valence-electron chi connectivity index (χ1n) is 8.37. The predicted molar refractivity (Wildman–Crippen MR) is 85.6 cm³/mol. The Bertz CT molecular complexity index is 473. The van der Waals surface area contributed by atoms with Crippen LogP contribution in [0.25, 0.3) is 0 Å². The van der Waals surface area contributed by atoms with Crippen molar-refractivity contribution < 1.29 is 4.79 Å². The molecule has 0 aliphatic carbocycles. The quantitative estimate of drug-likeness (QED) is 0.795. The maximum Gasteiger partial charge on any atom is 0.179 e. The molecule has 0 saturated carbocycles. The fourth-order valence-electron chi connectivity index (χ4n) is 3.87. The van der Waals surface area contributed by atoms with Crippen molar-refractivity contribution in [1.29, 1.82) is 0 Å². The lowest BCUT2D eigenvalue weighted by Gasteiger charge is -2.46. The molecule has 0 spiro atoms. The molecule has 3 rings (SSSR count). The largest absolute Gasteiger partial charge is 0.298 e. The van der Waals surface area contributed by atoms with Gasteiger partial charge in [-0.25, -0.2) is 0 Å². The second-order valence-electron chi connectivity index (χ2n) is 6.33. The van der Waals surface area contributed by atoms with E-state index in [4.69, 9.17) is 0 Å². The predicted octanol–water partition coefficient (Wildman–Crippen LogP) is 2.82. The molecule has 2 aliphatic heterocycles. The van der Waals surface area contributed by atoms with Gasteiger partial charge < -0.3 is 0 Å². The molecule has 0 radical (unpaired) electrons. The second-order valence-corrected chi connectivity index (χ2v) is 6.33. The number of rotatable bonds is 4. The first-order valence-corrected chi connectivity index (χ1v) is 8.37. The van der Waals surface area contributed by atoms with E-state index >= 15 is 0 Å². The monoisotopic (exact) mass is 286 g/mol. The molecule has 0 amide bonds. The molecular weight excluding hydrogens is 260 g/mol. The molecule has 114 valence electrons. The molecule has 2 saturated heterocycles. The maximum atomic E-state index is 12.8. The van der Waals surface area contributed by atoms with Crippen molar-refractivity contribution >= 4 is 5.78 Å². The molecule has 1 aromatic rings. The number of carbonyl (C=O) groups excluding carboxylic acids is 1. The number of benzene rings is 1. The van der Waals surface area contributed by atoms with E-state index in [0.717, 1.165) is 31.6 Å². The van der Waals surface area contributed by atoms with Gasteiger partial charge in [-0.1, -0.05) is 43.7 Å². The van der Waals surface area contributed by atoms with E-state index < -0.39 is 0 Å². The molecule has 0 bridgehead atoms. The van der Waals surface area contributed by atoms with E-state index in [-0.39, 0.29) is 6.04 Å². The van der Waals surface area contributed by atoms with Crippen LogP contribution in [-0.4, -0.2) is 53.8 Å². The van der Waals surface area contributed by atoms with Crippen molar-refractivity contribution in [2.45, 2.75) is 44.7 Å². The zero-order chi connectivity index (χ0) is 14.7. The summed E-state index contributed by atoms with van der Waals surface area (Å²) in [4.78, 5) is 17.8. The zero-order valence-corrected chi connectivity index (χ0v) is 13.0. The molecule has 21 heavy (non-hydrogen) atoms. The molecule has 2 fully saturated rings. The maximum absolute atomic E-state index is 12.8. The Hall–Kier alpha value is -1.19. The first kappa shape index (κ1) is 14.7. The minimum Gasteiger partial charge on any atom is -0.298 e. The highest BCUT2D eigenvalue weighted by Crippen LogP contribution is 2.24. The average Bonchev–Trinajstić information content (AvgIpc) is 2.56. The van der Waals surface area contributed by atoms with Gasteiger partial charge in [-0.05, 0) is 25.8 Å². The molecule has 2 unspecified atom stereocenters. The van der Waals surface area contributed by atoms with Crippen molar-refractivity contribution in [3.63, 3.8) is 0 Å². The van der Waals surface area contributed by atoms with Crippen LogP contribution in [0.4, 0.5) is 0 Å². The molecule has 2 aliphatic rings. The van der Waals surface area contributed by atoms with Gasteiger partial charge in [-0.2, -0.15) is 0 Å². The van der Waals surface area contributed by atoms with Crippen LogP contribution in [0.15, 0.2) is 30.3 Å². The van der Waals surface area contributed by atoms with Crippen LogP contribution >= 0.6 is 0 Å². The summed E-state index contributed by atoms with van der Waals surface area (Å²) in [6.07, 6.45) is 4.89. The van der Waals surface area contributed by atoms with Crippen LogP contribution in [0.2, 0.25) is 0 Å². The minimum absolute atomic E-state index is 0.0523. The number of fused-ring (bicyclic) bond motifs is 1. The molecule has 0 aromatic heterocycles. The summed E-state index contributed by atoms with van der Waals surface area (Å²) < 4.78 is 0. The number of carbonyl (C=O) groups is 1. The molecule has 2 atom stereocenters. The minimum atomic E-state index is 0.0523. The Balaban J connectivity index is 1.70. The Labute approximate surface area is 127 Å². The van der Waals surface area contributed by atoms with E-state index in [2.05, 4.69) is 16.7 Å². The standard InChI is InChI=1S/C18H26N2O/c1-2-17(18(21)15-8-4-3-5-9-15)20-13-12-19-11-7-6-10-16(19)14-20/h3-5,8-9,16-17H,2,6-7,10-14H2,1H3. The summed E-state index contributed by atoms with van der Waals surface area (Å²) >= 11 is 0. The summed E-state index contributed by atoms with van der Waals surface area (Å²) in [6.45, 7) is 6.62. The van der Waals surface area contributed by atoms with Gasteiger partial charge in [0.1, 0.15) is 0 Å². The summed E-state index contributed by atoms with van der Waals surface area (Å²) in [7, 11) is 0. The van der Waals surface area contributed by atoms with Gasteiger partial charge in [0.25, 0.3) is 0 Å². The van der Waals surface area contributed by atoms with E-state index in [1.54, 1.807) is 0 Å². The first-order chi connectivity index (χ1) is 10.3. The Morgan fingerprint density at radius 3 is 2.76 bits per heavy atom. The fraction of sp³-hybridized carbons (Fsp3) is 0.611. The third kappa shape index (κ3) is 3.19. The van der Waals surface area contributed by atoms with E-state index in [1.807, 2.05) is 30.3 Å². The van der Waals surface area contributed by atoms with Crippen molar-refractivity contribution in [2.75, 3.05) is 26.2 Å². The number of Topliss-reactive ketones (excluding diaryl/α,β-unsaturated/α-hetero) is 1. The third-order valence-electron chi connectivity index (χ3n) is 5.06. The lowest BCUT2D eigenvalue weighted by molar-refractivity contribution is 0.0259. The third-order valence-corrected chi connectivity index (χ3v) is 5.06. The van der Waals surface area contributed by atoms with E-state index in [1.165, 1.54) is 25.8 Å². The van der Waals surface area contributed by atoms with Crippen LogP contribution in [0, 0.1) is 0 Å². The van der Waals surface area contributed by atoms with Crippen molar-refractivity contribution in [1.82, 2.24) is 9.80 Å². The van der Waals surface area contributed by atoms with Gasteiger partial charge in [0.05, 0.1) is 6.04 Å². The Morgan fingerprint density at radius 2 is 2.00 bits per heavy atom. The Morgan fingerprint density at radius 1 is 1.19 bits per heavy atom. The smallest absolute Gasteiger partial charge is 0.179 e. The van der Waals surface area contributed by atoms with Gasteiger partial charge in [-0.3, -0.25) is 14.6 Å². The lowest BCUT2D eigenvalue weighted by atomic mass is 9.95. The number of piperazine rings is 1. The Kier molecular flexibility index (Phi) is 4.71. The molecule has 0 N–H and O–H groups in total. The molecular formula is C18H26N2O. The van der Waals surface area contributed by atoms with Gasteiger partial charge in [-0.15, -0.1) is 0 Å². The number of hydrogen-bond acceptors (Lipinski definition) is 3. The fourth-order valence-corrected chi connectivity index (χ4v) is 3.87. The normalized spacial score (nSPS) is 25.3. The topological polar surface area (TPSA) is 23.6 Å². The van der Waals surface area contributed by atoms with Crippen LogP contribution < -0.4 is 0 Å². The van der Waals surface area contributed by atoms with Crippen molar-refractivity contribution in [2.24, 2.45) is 0 Å². The van der Waals surface area contributed by atoms with Crippen LogP contribution in [0.3, 0.4) is 0 Å². The number of piperidine rings is 1. The van der Waals surface area contributed by atoms with Gasteiger partial charge in [0, 0.05) is 31.2 Å². The lowest BCUT2D eigenvalue weighted by Crippen LogP contribution is -2.58. The number of hydrogen-bond donors (Lipinski definition) is 0. The van der Waals surface area contributed by atoms with Crippen LogP contribution in [-0.2, 0) is 0 Å². The highest BCUT2D eigenvalue weighted by atomic mass is 16.1. The summed E-state index contributed by atoms with van der Waals surface area (Å²) in [5.74, 6) is 0.294. The summed E-state index contributed by atoms with van der Waals surface area (Å²) in [5, 5.41) is 0. The summed E-state index contributed by atoms with van der Waals surface area (Å²) in [6, 6.07) is 10.5. The molecule has 1 aromatic carbocycles. The van der Waals surface area contributed by atoms with Gasteiger partial charge in [0.2, 0.25) is 0 Å². The molecule has 2 heterocycles. The summed E-state index contributed by atoms with van der Waals surface area (Å²) in [5.41, 5.74) is 0.857. The van der Waals surface area contributed by atoms with Crippen LogP contribution in [0.1, 0.15) is 43.0 Å². The SMILES string of the molecule is CCC(C(=O)c1ccccc1)N1CCN2CCCCC2C1. The van der Waals surface area contributed by atoms with Crippen molar-refractivity contribution in [3.8, 4) is 0 Å². The number of nitrogens with zero attached hydrogens (tertiary/aromatic N) is 2. The van der Waals surface area contributed by atoms with Crippen LogP contribution in [0.5, 0.6) is 0 Å². The van der Waals surface area contributed by atoms with E-state index in [9.17, 15) is 4.79 Å². The second kappa shape index (κ2) is 6.71. The molecule has 3 nitrogen and oxygen atoms in total.